The fourth-order valence-electron chi connectivity index (χ4n) is 2.58. The highest BCUT2D eigenvalue weighted by atomic mass is 16.5. The number of furan rings is 1. The average Bonchev–Trinajstić information content (AvgIpc) is 3.15. The minimum Gasteiger partial charge on any atom is -0.463 e. The quantitative estimate of drug-likeness (QED) is 0.884. The second-order valence-corrected chi connectivity index (χ2v) is 5.79. The third-order valence-electron chi connectivity index (χ3n) is 3.78. The molecule has 1 aliphatic carbocycles. The predicted octanol–water partition coefficient (Wildman–Crippen LogP) is 2.14. The van der Waals surface area contributed by atoms with E-state index in [1.54, 1.807) is 0 Å². The number of ether oxygens (including phenoxy) is 1. The van der Waals surface area contributed by atoms with Crippen molar-refractivity contribution in [1.29, 1.82) is 0 Å². The Balaban J connectivity index is 1.50. The Morgan fingerprint density at radius 1 is 1.32 bits per heavy atom. The van der Waals surface area contributed by atoms with Gasteiger partial charge in [-0.05, 0) is 38.3 Å². The van der Waals surface area contributed by atoms with Crippen molar-refractivity contribution in [2.24, 2.45) is 0 Å². The van der Waals surface area contributed by atoms with Gasteiger partial charge in [-0.15, -0.1) is 0 Å². The van der Waals surface area contributed by atoms with Gasteiger partial charge in [0.05, 0.1) is 19.2 Å². The van der Waals surface area contributed by atoms with Gasteiger partial charge < -0.3 is 14.5 Å². The van der Waals surface area contributed by atoms with Gasteiger partial charge in [0, 0.05) is 25.7 Å². The standard InChI is InChI=1S/C15H24N2O2/c1-12-10-17(7-2-8-18-12)11-15-6-5-14(19-15)9-16-13-3-4-13/h5-6,12-13,16H,2-4,7-11H2,1H3. The Morgan fingerprint density at radius 2 is 2.16 bits per heavy atom. The Labute approximate surface area is 115 Å². The minimum atomic E-state index is 0.327. The second-order valence-electron chi connectivity index (χ2n) is 5.79. The van der Waals surface area contributed by atoms with E-state index in [9.17, 15) is 0 Å². The minimum absolute atomic E-state index is 0.327. The molecule has 1 saturated heterocycles. The molecule has 1 atom stereocenters. The zero-order chi connectivity index (χ0) is 13.1. The summed E-state index contributed by atoms with van der Waals surface area (Å²) in [5.41, 5.74) is 0. The Bertz CT molecular complexity index is 401. The molecule has 1 aromatic heterocycles. The number of nitrogens with zero attached hydrogens (tertiary/aromatic N) is 1. The number of nitrogens with one attached hydrogen (secondary N) is 1. The molecule has 1 aromatic rings. The summed E-state index contributed by atoms with van der Waals surface area (Å²) in [5, 5.41) is 3.48. The van der Waals surface area contributed by atoms with Crippen LogP contribution in [0.5, 0.6) is 0 Å². The highest BCUT2D eigenvalue weighted by Gasteiger charge is 2.21. The van der Waals surface area contributed by atoms with E-state index in [4.69, 9.17) is 9.15 Å². The van der Waals surface area contributed by atoms with E-state index in [0.717, 1.165) is 56.8 Å². The third kappa shape index (κ3) is 4.06. The molecule has 1 N–H and O–H groups in total. The van der Waals surface area contributed by atoms with Crippen LogP contribution in [0.15, 0.2) is 16.5 Å². The van der Waals surface area contributed by atoms with Crippen LogP contribution < -0.4 is 5.32 Å². The van der Waals surface area contributed by atoms with Crippen molar-refractivity contribution in [1.82, 2.24) is 10.2 Å². The molecule has 1 unspecified atom stereocenters. The van der Waals surface area contributed by atoms with Crippen molar-refractivity contribution in [3.05, 3.63) is 23.7 Å². The largest absolute Gasteiger partial charge is 0.463 e. The molecule has 0 radical (unpaired) electrons. The van der Waals surface area contributed by atoms with Gasteiger partial charge in [0.1, 0.15) is 11.5 Å². The van der Waals surface area contributed by atoms with Crippen molar-refractivity contribution in [3.63, 3.8) is 0 Å². The van der Waals surface area contributed by atoms with Crippen molar-refractivity contribution in [2.75, 3.05) is 19.7 Å². The maximum atomic E-state index is 5.90. The van der Waals surface area contributed by atoms with Gasteiger partial charge in [0.2, 0.25) is 0 Å². The summed E-state index contributed by atoms with van der Waals surface area (Å²) >= 11 is 0. The SMILES string of the molecule is CC1CN(Cc2ccc(CNC3CC3)o2)CCCO1. The lowest BCUT2D eigenvalue weighted by Crippen LogP contribution is -2.29. The van der Waals surface area contributed by atoms with E-state index in [2.05, 4.69) is 29.3 Å². The van der Waals surface area contributed by atoms with Crippen LogP contribution in [0.2, 0.25) is 0 Å². The summed E-state index contributed by atoms with van der Waals surface area (Å²) < 4.78 is 11.6. The van der Waals surface area contributed by atoms with Gasteiger partial charge >= 0.3 is 0 Å². The first-order chi connectivity index (χ1) is 9.29. The van der Waals surface area contributed by atoms with Gasteiger partial charge in [0.25, 0.3) is 0 Å². The van der Waals surface area contributed by atoms with Gasteiger partial charge in [-0.3, -0.25) is 4.90 Å². The first-order valence-corrected chi connectivity index (χ1v) is 7.44. The number of hydrogen-bond acceptors (Lipinski definition) is 4. The van der Waals surface area contributed by atoms with E-state index in [1.165, 1.54) is 12.8 Å². The Hall–Kier alpha value is -0.840. The molecule has 0 amide bonds. The van der Waals surface area contributed by atoms with Gasteiger partial charge in [-0.2, -0.15) is 0 Å². The van der Waals surface area contributed by atoms with Crippen molar-refractivity contribution in [2.45, 2.75) is 51.4 Å². The molecule has 3 rings (SSSR count). The van der Waals surface area contributed by atoms with Crippen LogP contribution in [0.25, 0.3) is 0 Å². The van der Waals surface area contributed by atoms with E-state index in [1.807, 2.05) is 0 Å². The lowest BCUT2D eigenvalue weighted by atomic mass is 10.3. The molecule has 2 aliphatic rings. The lowest BCUT2D eigenvalue weighted by molar-refractivity contribution is 0.0658. The maximum absolute atomic E-state index is 5.90. The van der Waals surface area contributed by atoms with Crippen molar-refractivity contribution < 1.29 is 9.15 Å². The molecule has 0 aromatic carbocycles. The second kappa shape index (κ2) is 6.07. The molecule has 2 heterocycles. The molecular formula is C15H24N2O2. The molecule has 19 heavy (non-hydrogen) atoms. The van der Waals surface area contributed by atoms with E-state index < -0.39 is 0 Å². The smallest absolute Gasteiger partial charge is 0.118 e. The zero-order valence-electron chi connectivity index (χ0n) is 11.7. The van der Waals surface area contributed by atoms with Crippen LogP contribution in [0.1, 0.15) is 37.7 Å². The number of rotatable bonds is 5. The first-order valence-electron chi connectivity index (χ1n) is 7.44. The zero-order valence-corrected chi connectivity index (χ0v) is 11.7. The van der Waals surface area contributed by atoms with Crippen LogP contribution in [0.4, 0.5) is 0 Å². The summed E-state index contributed by atoms with van der Waals surface area (Å²) in [7, 11) is 0. The van der Waals surface area contributed by atoms with Gasteiger partial charge in [0.15, 0.2) is 0 Å². The van der Waals surface area contributed by atoms with Crippen LogP contribution in [-0.4, -0.2) is 36.7 Å². The predicted molar refractivity (Wildman–Crippen MR) is 73.9 cm³/mol. The third-order valence-corrected chi connectivity index (χ3v) is 3.78. The highest BCUT2D eigenvalue weighted by Crippen LogP contribution is 2.20. The molecule has 106 valence electrons. The van der Waals surface area contributed by atoms with E-state index >= 15 is 0 Å². The molecule has 0 bridgehead atoms. The fourth-order valence-corrected chi connectivity index (χ4v) is 2.58. The first kappa shape index (κ1) is 13.2. The lowest BCUT2D eigenvalue weighted by Gasteiger charge is -2.20. The normalized spacial score (nSPS) is 25.4. The highest BCUT2D eigenvalue weighted by molar-refractivity contribution is 5.07. The summed E-state index contributed by atoms with van der Waals surface area (Å²) in [5.74, 6) is 2.13. The van der Waals surface area contributed by atoms with Crippen LogP contribution in [-0.2, 0) is 17.8 Å². The maximum Gasteiger partial charge on any atom is 0.118 e. The molecule has 4 heteroatoms. The van der Waals surface area contributed by atoms with Crippen LogP contribution in [0.3, 0.4) is 0 Å². The summed E-state index contributed by atoms with van der Waals surface area (Å²) in [6.45, 7) is 6.89. The molecule has 1 saturated carbocycles. The Morgan fingerprint density at radius 3 is 3.00 bits per heavy atom. The molecule has 4 nitrogen and oxygen atoms in total. The van der Waals surface area contributed by atoms with Gasteiger partial charge in [-0.25, -0.2) is 0 Å². The summed E-state index contributed by atoms with van der Waals surface area (Å²) in [6, 6.07) is 4.94. The van der Waals surface area contributed by atoms with Gasteiger partial charge in [-0.1, -0.05) is 0 Å². The molecule has 2 fully saturated rings. The Kier molecular flexibility index (Phi) is 4.21. The molecular weight excluding hydrogens is 240 g/mol. The van der Waals surface area contributed by atoms with E-state index in [0.29, 0.717) is 6.10 Å². The molecule has 0 spiro atoms. The topological polar surface area (TPSA) is 37.6 Å². The summed E-state index contributed by atoms with van der Waals surface area (Å²) in [4.78, 5) is 2.43. The van der Waals surface area contributed by atoms with Crippen LogP contribution >= 0.6 is 0 Å². The monoisotopic (exact) mass is 264 g/mol. The molecule has 1 aliphatic heterocycles. The van der Waals surface area contributed by atoms with E-state index in [-0.39, 0.29) is 0 Å². The summed E-state index contributed by atoms with van der Waals surface area (Å²) in [6.07, 6.45) is 4.08. The average molecular weight is 264 g/mol. The van der Waals surface area contributed by atoms with Crippen molar-refractivity contribution in [3.8, 4) is 0 Å². The number of hydrogen-bond donors (Lipinski definition) is 1. The van der Waals surface area contributed by atoms with Crippen LogP contribution in [0, 0.1) is 0 Å². The fraction of sp³-hybridized carbons (Fsp3) is 0.733. The van der Waals surface area contributed by atoms with Crippen molar-refractivity contribution >= 4 is 0 Å².